The highest BCUT2D eigenvalue weighted by Gasteiger charge is 2.19. The standard InChI is InChI=1S/C24H32N8O/c1-17-7-8-19-20(9-10-25-21(19)15-17)26-16-27-22-29-23(28-18-5-3-2-4-6-18)31-24(30-22)32-11-13-33-14-12-32/h7-10,15,18H,2-6,11-14,16H2,1H3,(H,25,26)(H2,27,28,29,30,31). The first-order valence-electron chi connectivity index (χ1n) is 11.9. The summed E-state index contributed by atoms with van der Waals surface area (Å²) in [7, 11) is 0. The largest absolute Gasteiger partial charge is 0.378 e. The number of hydrogen-bond acceptors (Lipinski definition) is 9. The Morgan fingerprint density at radius 2 is 1.79 bits per heavy atom. The monoisotopic (exact) mass is 448 g/mol. The molecule has 1 saturated heterocycles. The number of fused-ring (bicyclic) bond motifs is 1. The summed E-state index contributed by atoms with van der Waals surface area (Å²) < 4.78 is 5.50. The Kier molecular flexibility index (Phi) is 6.66. The number of aromatic nitrogens is 4. The first-order valence-corrected chi connectivity index (χ1v) is 11.9. The quantitative estimate of drug-likeness (QED) is 0.466. The lowest BCUT2D eigenvalue weighted by atomic mass is 9.96. The highest BCUT2D eigenvalue weighted by molar-refractivity contribution is 5.91. The van der Waals surface area contributed by atoms with Gasteiger partial charge in [0.2, 0.25) is 17.8 Å². The molecule has 1 aliphatic carbocycles. The molecule has 33 heavy (non-hydrogen) atoms. The van der Waals surface area contributed by atoms with E-state index in [4.69, 9.17) is 14.7 Å². The van der Waals surface area contributed by atoms with Gasteiger partial charge in [-0.25, -0.2) is 0 Å². The van der Waals surface area contributed by atoms with Crippen molar-refractivity contribution in [3.8, 4) is 0 Å². The molecule has 0 unspecified atom stereocenters. The van der Waals surface area contributed by atoms with Crippen LogP contribution in [-0.2, 0) is 4.74 Å². The van der Waals surface area contributed by atoms with E-state index in [9.17, 15) is 0 Å². The topological polar surface area (TPSA) is 100 Å². The van der Waals surface area contributed by atoms with E-state index >= 15 is 0 Å². The van der Waals surface area contributed by atoms with Crippen LogP contribution >= 0.6 is 0 Å². The van der Waals surface area contributed by atoms with Crippen LogP contribution in [-0.4, -0.2) is 58.9 Å². The lowest BCUT2D eigenvalue weighted by Gasteiger charge is -2.28. The minimum Gasteiger partial charge on any atom is -0.378 e. The number of rotatable bonds is 7. The highest BCUT2D eigenvalue weighted by Crippen LogP contribution is 2.24. The molecular formula is C24H32N8O. The first kappa shape index (κ1) is 21.6. The molecule has 2 fully saturated rings. The van der Waals surface area contributed by atoms with E-state index in [1.54, 1.807) is 0 Å². The zero-order valence-electron chi connectivity index (χ0n) is 19.2. The summed E-state index contributed by atoms with van der Waals surface area (Å²) in [5.74, 6) is 1.90. The Morgan fingerprint density at radius 1 is 0.970 bits per heavy atom. The second-order valence-electron chi connectivity index (χ2n) is 8.77. The molecule has 2 aromatic heterocycles. The summed E-state index contributed by atoms with van der Waals surface area (Å²) in [6.07, 6.45) is 7.99. The molecule has 0 amide bonds. The molecule has 0 atom stereocenters. The Hall–Kier alpha value is -3.20. The van der Waals surface area contributed by atoms with E-state index in [1.165, 1.54) is 24.8 Å². The number of nitrogens with one attached hydrogen (secondary N) is 3. The molecule has 1 saturated carbocycles. The van der Waals surface area contributed by atoms with Gasteiger partial charge in [0.25, 0.3) is 0 Å². The van der Waals surface area contributed by atoms with Crippen LogP contribution in [0.15, 0.2) is 30.5 Å². The third-order valence-corrected chi connectivity index (χ3v) is 6.28. The van der Waals surface area contributed by atoms with Crippen molar-refractivity contribution >= 4 is 34.4 Å². The number of pyridine rings is 1. The Labute approximate surface area is 194 Å². The highest BCUT2D eigenvalue weighted by atomic mass is 16.5. The van der Waals surface area contributed by atoms with Gasteiger partial charge in [0.15, 0.2) is 0 Å². The fourth-order valence-electron chi connectivity index (χ4n) is 4.47. The average molecular weight is 449 g/mol. The van der Waals surface area contributed by atoms with Crippen molar-refractivity contribution in [1.29, 1.82) is 0 Å². The van der Waals surface area contributed by atoms with Gasteiger partial charge in [0.1, 0.15) is 0 Å². The predicted octanol–water partition coefficient (Wildman–Crippen LogP) is 3.79. The smallest absolute Gasteiger partial charge is 0.232 e. The fourth-order valence-corrected chi connectivity index (χ4v) is 4.47. The molecule has 1 aliphatic heterocycles. The van der Waals surface area contributed by atoms with Crippen molar-refractivity contribution in [3.63, 3.8) is 0 Å². The summed E-state index contributed by atoms with van der Waals surface area (Å²) >= 11 is 0. The van der Waals surface area contributed by atoms with Gasteiger partial charge >= 0.3 is 0 Å². The fraction of sp³-hybridized carbons (Fsp3) is 0.500. The number of anilines is 4. The van der Waals surface area contributed by atoms with Crippen LogP contribution in [0.5, 0.6) is 0 Å². The molecule has 3 N–H and O–H groups in total. The van der Waals surface area contributed by atoms with Gasteiger partial charge in [-0.2, -0.15) is 15.0 Å². The summed E-state index contributed by atoms with van der Waals surface area (Å²) in [5, 5.41) is 11.4. The zero-order valence-corrected chi connectivity index (χ0v) is 19.2. The van der Waals surface area contributed by atoms with E-state index in [0.29, 0.717) is 43.8 Å². The minimum absolute atomic E-state index is 0.427. The van der Waals surface area contributed by atoms with Crippen LogP contribution in [0.1, 0.15) is 37.7 Å². The second-order valence-corrected chi connectivity index (χ2v) is 8.77. The molecule has 0 bridgehead atoms. The lowest BCUT2D eigenvalue weighted by Crippen LogP contribution is -2.38. The van der Waals surface area contributed by atoms with Gasteiger partial charge in [0, 0.05) is 36.4 Å². The summed E-state index contributed by atoms with van der Waals surface area (Å²) in [5.41, 5.74) is 3.20. The Morgan fingerprint density at radius 3 is 2.64 bits per heavy atom. The van der Waals surface area contributed by atoms with Crippen LogP contribution in [0, 0.1) is 6.92 Å². The third kappa shape index (κ3) is 5.42. The molecule has 2 aliphatic rings. The maximum absolute atomic E-state index is 5.50. The van der Waals surface area contributed by atoms with E-state index in [-0.39, 0.29) is 0 Å². The van der Waals surface area contributed by atoms with Crippen molar-refractivity contribution in [1.82, 2.24) is 19.9 Å². The SMILES string of the molecule is Cc1ccc2c(NCNc3nc(NC4CCCCC4)nc(N4CCOCC4)n3)ccnc2c1. The van der Waals surface area contributed by atoms with Gasteiger partial charge in [-0.05, 0) is 37.5 Å². The number of morpholine rings is 1. The minimum atomic E-state index is 0.427. The van der Waals surface area contributed by atoms with E-state index < -0.39 is 0 Å². The molecule has 3 heterocycles. The number of aryl methyl sites for hydroxylation is 1. The van der Waals surface area contributed by atoms with Crippen LogP contribution in [0.2, 0.25) is 0 Å². The number of hydrogen-bond donors (Lipinski definition) is 3. The van der Waals surface area contributed by atoms with Crippen LogP contribution in [0.4, 0.5) is 23.5 Å². The maximum atomic E-state index is 5.50. The number of benzene rings is 1. The predicted molar refractivity (Wildman–Crippen MR) is 132 cm³/mol. The van der Waals surface area contributed by atoms with Crippen LogP contribution in [0.3, 0.4) is 0 Å². The lowest BCUT2D eigenvalue weighted by molar-refractivity contribution is 0.122. The van der Waals surface area contributed by atoms with E-state index in [2.05, 4.69) is 55.9 Å². The Bertz CT molecular complexity index is 1080. The summed E-state index contributed by atoms with van der Waals surface area (Å²) in [6.45, 7) is 5.52. The molecular weight excluding hydrogens is 416 g/mol. The van der Waals surface area contributed by atoms with E-state index in [0.717, 1.165) is 42.5 Å². The van der Waals surface area contributed by atoms with Crippen molar-refractivity contribution in [2.45, 2.75) is 45.1 Å². The number of nitrogens with zero attached hydrogens (tertiary/aromatic N) is 5. The molecule has 9 nitrogen and oxygen atoms in total. The second kappa shape index (κ2) is 10.2. The molecule has 3 aromatic rings. The van der Waals surface area contributed by atoms with Gasteiger partial charge in [-0.15, -0.1) is 0 Å². The average Bonchev–Trinajstić information content (AvgIpc) is 2.85. The maximum Gasteiger partial charge on any atom is 0.232 e. The Balaban J connectivity index is 1.31. The molecule has 174 valence electrons. The van der Waals surface area contributed by atoms with Gasteiger partial charge in [-0.3, -0.25) is 4.98 Å². The summed E-state index contributed by atoms with van der Waals surface area (Å²) in [4.78, 5) is 20.8. The van der Waals surface area contributed by atoms with E-state index in [1.807, 2.05) is 12.3 Å². The zero-order chi connectivity index (χ0) is 22.5. The third-order valence-electron chi connectivity index (χ3n) is 6.28. The molecule has 5 rings (SSSR count). The van der Waals surface area contributed by atoms with Gasteiger partial charge in [-0.1, -0.05) is 31.4 Å². The van der Waals surface area contributed by atoms with Crippen molar-refractivity contribution in [2.75, 3.05) is 53.8 Å². The van der Waals surface area contributed by atoms with Gasteiger partial charge < -0.3 is 25.6 Å². The molecule has 0 radical (unpaired) electrons. The van der Waals surface area contributed by atoms with Gasteiger partial charge in [0.05, 0.1) is 25.4 Å². The van der Waals surface area contributed by atoms with Crippen molar-refractivity contribution in [3.05, 3.63) is 36.0 Å². The normalized spacial score (nSPS) is 17.2. The van der Waals surface area contributed by atoms with Crippen molar-refractivity contribution < 1.29 is 4.74 Å². The first-order chi connectivity index (χ1) is 16.2. The van der Waals surface area contributed by atoms with Crippen LogP contribution in [0.25, 0.3) is 10.9 Å². The molecule has 1 aromatic carbocycles. The summed E-state index contributed by atoms with van der Waals surface area (Å²) in [6, 6.07) is 8.72. The number of ether oxygens (including phenoxy) is 1. The van der Waals surface area contributed by atoms with Crippen LogP contribution < -0.4 is 20.9 Å². The molecule has 0 spiro atoms. The van der Waals surface area contributed by atoms with Crippen molar-refractivity contribution in [2.24, 2.45) is 0 Å². The molecule has 9 heteroatoms.